The highest BCUT2D eigenvalue weighted by molar-refractivity contribution is 5.58. The maximum atomic E-state index is 6.59. The third-order valence-corrected chi connectivity index (χ3v) is 5.96. The SMILES string of the molecule is COc1ccc2c(c1OC)OC1(CCCC1)CC2NCCc1ccccc1. The maximum absolute atomic E-state index is 6.59. The molecule has 0 bridgehead atoms. The molecule has 4 rings (SSSR count). The van der Waals surface area contributed by atoms with Crippen LogP contribution in [0.2, 0.25) is 0 Å². The van der Waals surface area contributed by atoms with Gasteiger partial charge in [-0.25, -0.2) is 0 Å². The van der Waals surface area contributed by atoms with Crippen LogP contribution in [-0.2, 0) is 6.42 Å². The fourth-order valence-corrected chi connectivity index (χ4v) is 4.58. The minimum Gasteiger partial charge on any atom is -0.493 e. The fourth-order valence-electron chi connectivity index (χ4n) is 4.58. The number of hydrogen-bond acceptors (Lipinski definition) is 4. The van der Waals surface area contributed by atoms with Gasteiger partial charge in [0.1, 0.15) is 5.60 Å². The third-order valence-electron chi connectivity index (χ3n) is 5.96. The minimum absolute atomic E-state index is 0.0724. The molecule has 4 nitrogen and oxygen atoms in total. The summed E-state index contributed by atoms with van der Waals surface area (Å²) in [6, 6.07) is 15.0. The summed E-state index contributed by atoms with van der Waals surface area (Å²) in [5, 5.41) is 3.79. The molecule has 27 heavy (non-hydrogen) atoms. The van der Waals surface area contributed by atoms with Crippen molar-refractivity contribution in [2.24, 2.45) is 0 Å². The molecule has 1 unspecified atom stereocenters. The van der Waals surface area contributed by atoms with Crippen molar-refractivity contribution in [3.8, 4) is 17.2 Å². The van der Waals surface area contributed by atoms with E-state index in [1.54, 1.807) is 14.2 Å². The molecule has 1 heterocycles. The van der Waals surface area contributed by atoms with Crippen molar-refractivity contribution in [1.82, 2.24) is 5.32 Å². The number of methoxy groups -OCH3 is 2. The molecule has 1 saturated carbocycles. The smallest absolute Gasteiger partial charge is 0.203 e. The summed E-state index contributed by atoms with van der Waals surface area (Å²) in [5.74, 6) is 2.31. The summed E-state index contributed by atoms with van der Waals surface area (Å²) in [4.78, 5) is 0. The lowest BCUT2D eigenvalue weighted by atomic mass is 9.85. The van der Waals surface area contributed by atoms with Gasteiger partial charge in [0.05, 0.1) is 14.2 Å². The molecule has 1 fully saturated rings. The predicted octanol–water partition coefficient (Wildman–Crippen LogP) is 4.67. The molecule has 2 aromatic carbocycles. The fraction of sp³-hybridized carbons (Fsp3) is 0.478. The largest absolute Gasteiger partial charge is 0.493 e. The second-order valence-electron chi connectivity index (χ2n) is 7.66. The number of benzene rings is 2. The first-order valence-corrected chi connectivity index (χ1v) is 9.96. The maximum Gasteiger partial charge on any atom is 0.203 e. The molecule has 0 aromatic heterocycles. The van der Waals surface area contributed by atoms with E-state index in [4.69, 9.17) is 14.2 Å². The number of fused-ring (bicyclic) bond motifs is 1. The van der Waals surface area contributed by atoms with Crippen molar-refractivity contribution in [3.63, 3.8) is 0 Å². The molecule has 1 N–H and O–H groups in total. The van der Waals surface area contributed by atoms with Gasteiger partial charge in [-0.3, -0.25) is 0 Å². The highest BCUT2D eigenvalue weighted by Gasteiger charge is 2.44. The lowest BCUT2D eigenvalue weighted by Gasteiger charge is -2.41. The van der Waals surface area contributed by atoms with Crippen LogP contribution >= 0.6 is 0 Å². The first kappa shape index (κ1) is 18.2. The number of hydrogen-bond donors (Lipinski definition) is 1. The molecule has 1 aliphatic carbocycles. The van der Waals surface area contributed by atoms with Crippen LogP contribution in [0.3, 0.4) is 0 Å². The molecule has 2 aromatic rings. The van der Waals surface area contributed by atoms with Crippen LogP contribution in [0.5, 0.6) is 17.2 Å². The van der Waals surface area contributed by atoms with Gasteiger partial charge >= 0.3 is 0 Å². The number of rotatable bonds is 6. The predicted molar refractivity (Wildman–Crippen MR) is 107 cm³/mol. The van der Waals surface area contributed by atoms with Gasteiger partial charge in [0.25, 0.3) is 0 Å². The van der Waals surface area contributed by atoms with Gasteiger partial charge in [0, 0.05) is 18.0 Å². The first-order chi connectivity index (χ1) is 13.2. The van der Waals surface area contributed by atoms with Gasteiger partial charge in [-0.15, -0.1) is 0 Å². The normalized spacial score (nSPS) is 20.1. The Kier molecular flexibility index (Phi) is 5.26. The van der Waals surface area contributed by atoms with Crippen molar-refractivity contribution >= 4 is 0 Å². The molecular weight excluding hydrogens is 338 g/mol. The van der Waals surface area contributed by atoms with Crippen molar-refractivity contribution in [2.45, 2.75) is 50.2 Å². The van der Waals surface area contributed by atoms with Crippen molar-refractivity contribution < 1.29 is 14.2 Å². The van der Waals surface area contributed by atoms with E-state index in [1.165, 1.54) is 24.0 Å². The molecule has 1 atom stereocenters. The van der Waals surface area contributed by atoms with Gasteiger partial charge in [-0.1, -0.05) is 30.3 Å². The Morgan fingerprint density at radius 3 is 2.52 bits per heavy atom. The third kappa shape index (κ3) is 3.63. The minimum atomic E-state index is -0.0724. The molecule has 0 radical (unpaired) electrons. The zero-order valence-electron chi connectivity index (χ0n) is 16.3. The van der Waals surface area contributed by atoms with E-state index < -0.39 is 0 Å². The van der Waals surface area contributed by atoms with Gasteiger partial charge in [0.2, 0.25) is 5.75 Å². The van der Waals surface area contributed by atoms with Crippen molar-refractivity contribution in [2.75, 3.05) is 20.8 Å². The van der Waals surface area contributed by atoms with E-state index in [0.29, 0.717) is 0 Å². The lowest BCUT2D eigenvalue weighted by molar-refractivity contribution is 0.0334. The molecular formula is C23H29NO3. The van der Waals surface area contributed by atoms with Crippen LogP contribution in [0.4, 0.5) is 0 Å². The van der Waals surface area contributed by atoms with Crippen LogP contribution in [-0.4, -0.2) is 26.4 Å². The Morgan fingerprint density at radius 2 is 1.81 bits per heavy atom. The topological polar surface area (TPSA) is 39.7 Å². The summed E-state index contributed by atoms with van der Waals surface area (Å²) in [5.41, 5.74) is 2.47. The number of nitrogens with one attached hydrogen (secondary N) is 1. The number of ether oxygens (including phenoxy) is 3. The monoisotopic (exact) mass is 367 g/mol. The van der Waals surface area contributed by atoms with E-state index in [0.717, 1.165) is 49.5 Å². The average molecular weight is 367 g/mol. The summed E-state index contributed by atoms with van der Waals surface area (Å²) < 4.78 is 17.8. The van der Waals surface area contributed by atoms with Crippen LogP contribution in [0, 0.1) is 0 Å². The second-order valence-corrected chi connectivity index (χ2v) is 7.66. The first-order valence-electron chi connectivity index (χ1n) is 9.96. The molecule has 1 aliphatic heterocycles. The lowest BCUT2D eigenvalue weighted by Crippen LogP contribution is -2.42. The zero-order chi connectivity index (χ0) is 18.7. The highest BCUT2D eigenvalue weighted by atomic mass is 16.5. The van der Waals surface area contributed by atoms with Crippen LogP contribution in [0.25, 0.3) is 0 Å². The van der Waals surface area contributed by atoms with Gasteiger partial charge < -0.3 is 19.5 Å². The zero-order valence-corrected chi connectivity index (χ0v) is 16.3. The summed E-state index contributed by atoms with van der Waals surface area (Å²) in [7, 11) is 3.36. The Balaban J connectivity index is 1.59. The molecule has 1 spiro atoms. The Labute approximate surface area is 161 Å². The Hall–Kier alpha value is -2.20. The van der Waals surface area contributed by atoms with Crippen LogP contribution in [0.1, 0.15) is 49.3 Å². The van der Waals surface area contributed by atoms with E-state index in [1.807, 2.05) is 6.07 Å². The van der Waals surface area contributed by atoms with E-state index in [9.17, 15) is 0 Å². The van der Waals surface area contributed by atoms with Crippen molar-refractivity contribution in [3.05, 3.63) is 53.6 Å². The summed E-state index contributed by atoms with van der Waals surface area (Å²) in [6.07, 6.45) is 6.74. The highest BCUT2D eigenvalue weighted by Crippen LogP contribution is 2.52. The van der Waals surface area contributed by atoms with Gasteiger partial charge in [-0.05, 0) is 56.3 Å². The van der Waals surface area contributed by atoms with E-state index in [-0.39, 0.29) is 11.6 Å². The van der Waals surface area contributed by atoms with Crippen LogP contribution in [0.15, 0.2) is 42.5 Å². The van der Waals surface area contributed by atoms with E-state index >= 15 is 0 Å². The molecule has 0 saturated heterocycles. The Bertz CT molecular complexity index is 769. The van der Waals surface area contributed by atoms with Gasteiger partial charge in [-0.2, -0.15) is 0 Å². The molecule has 4 heteroatoms. The molecule has 144 valence electrons. The summed E-state index contributed by atoms with van der Waals surface area (Å²) >= 11 is 0. The molecule has 0 amide bonds. The van der Waals surface area contributed by atoms with Gasteiger partial charge in [0.15, 0.2) is 11.5 Å². The van der Waals surface area contributed by atoms with E-state index in [2.05, 4.69) is 41.7 Å². The quantitative estimate of drug-likeness (QED) is 0.805. The standard InChI is InChI=1S/C23H29NO3/c1-25-20-11-10-18-19(24-15-12-17-8-4-3-5-9-17)16-23(13-6-7-14-23)27-21(18)22(20)26-2/h3-5,8-11,19,24H,6-7,12-16H2,1-2H3. The average Bonchev–Trinajstić information content (AvgIpc) is 3.15. The van der Waals surface area contributed by atoms with Crippen molar-refractivity contribution in [1.29, 1.82) is 0 Å². The summed E-state index contributed by atoms with van der Waals surface area (Å²) in [6.45, 7) is 0.943. The second kappa shape index (κ2) is 7.81. The Morgan fingerprint density at radius 1 is 1.04 bits per heavy atom. The van der Waals surface area contributed by atoms with Crippen LogP contribution < -0.4 is 19.5 Å². The molecule has 2 aliphatic rings.